The number of hydrogen-bond acceptors (Lipinski definition) is 4. The first-order valence-electron chi connectivity index (χ1n) is 7.52. The normalized spacial score (nSPS) is 10.8. The predicted octanol–water partition coefficient (Wildman–Crippen LogP) is 3.41. The van der Waals surface area contributed by atoms with Gasteiger partial charge in [0, 0.05) is 23.6 Å². The molecule has 0 aliphatic carbocycles. The van der Waals surface area contributed by atoms with E-state index in [0.717, 1.165) is 16.6 Å². The molecule has 0 saturated carbocycles. The van der Waals surface area contributed by atoms with E-state index >= 15 is 0 Å². The Morgan fingerprint density at radius 1 is 1.08 bits per heavy atom. The Morgan fingerprint density at radius 2 is 1.92 bits per heavy atom. The van der Waals surface area contributed by atoms with E-state index in [-0.39, 0.29) is 17.4 Å². The molecule has 2 heterocycles. The quantitative estimate of drug-likeness (QED) is 0.602. The third-order valence-corrected chi connectivity index (χ3v) is 3.65. The predicted molar refractivity (Wildman–Crippen MR) is 91.5 cm³/mol. The molecule has 122 valence electrons. The van der Waals surface area contributed by atoms with Gasteiger partial charge in [0.25, 0.3) is 5.91 Å². The number of carbonyl (C=O) groups excluding carboxylic acids is 1. The summed E-state index contributed by atoms with van der Waals surface area (Å²) in [5, 5.41) is 2.77. The molecule has 1 amide bonds. The number of fused-ring (bicyclic) bond motifs is 1. The van der Waals surface area contributed by atoms with Crippen LogP contribution in [0.3, 0.4) is 0 Å². The standard InChI is InChI=1S/C18H12FN5O/c19-12-3-1-11(2-4-12)17-23-14-6-5-13(9-15(14)24-17)22-18(25)16-10-20-7-8-21-16/h1-10H,(H,22,25)(H,23,24). The van der Waals surface area contributed by atoms with Gasteiger partial charge < -0.3 is 10.3 Å². The zero-order valence-electron chi connectivity index (χ0n) is 12.9. The van der Waals surface area contributed by atoms with Crippen LogP contribution in [0.4, 0.5) is 10.1 Å². The SMILES string of the molecule is O=C(Nc1ccc2nc(-c3ccc(F)cc3)[nH]c2c1)c1cnccn1. The first-order valence-corrected chi connectivity index (χ1v) is 7.52. The van der Waals surface area contributed by atoms with Crippen molar-refractivity contribution in [2.24, 2.45) is 0 Å². The van der Waals surface area contributed by atoms with Gasteiger partial charge in [0.05, 0.1) is 17.2 Å². The number of nitrogens with zero attached hydrogens (tertiary/aromatic N) is 3. The third-order valence-electron chi connectivity index (χ3n) is 3.65. The van der Waals surface area contributed by atoms with Crippen LogP contribution in [-0.2, 0) is 0 Å². The van der Waals surface area contributed by atoms with E-state index < -0.39 is 0 Å². The molecule has 4 rings (SSSR count). The Kier molecular flexibility index (Phi) is 3.66. The molecule has 0 spiro atoms. The summed E-state index contributed by atoms with van der Waals surface area (Å²) in [6, 6.07) is 11.4. The third kappa shape index (κ3) is 3.07. The van der Waals surface area contributed by atoms with E-state index in [1.54, 1.807) is 30.3 Å². The number of H-pyrrole nitrogens is 1. The first-order chi connectivity index (χ1) is 12.2. The van der Waals surface area contributed by atoms with Gasteiger partial charge in [0.15, 0.2) is 0 Å². The van der Waals surface area contributed by atoms with Gasteiger partial charge >= 0.3 is 0 Å². The number of anilines is 1. The molecule has 2 aromatic heterocycles. The van der Waals surface area contributed by atoms with E-state index in [0.29, 0.717) is 11.5 Å². The van der Waals surface area contributed by atoms with Crippen LogP contribution < -0.4 is 5.32 Å². The highest BCUT2D eigenvalue weighted by atomic mass is 19.1. The van der Waals surface area contributed by atoms with E-state index in [4.69, 9.17) is 0 Å². The number of imidazole rings is 1. The molecule has 0 radical (unpaired) electrons. The van der Waals surface area contributed by atoms with Gasteiger partial charge in [-0.15, -0.1) is 0 Å². The van der Waals surface area contributed by atoms with Crippen LogP contribution in [0.1, 0.15) is 10.5 Å². The fourth-order valence-electron chi connectivity index (χ4n) is 2.44. The Morgan fingerprint density at radius 3 is 2.68 bits per heavy atom. The Hall–Kier alpha value is -3.61. The van der Waals surface area contributed by atoms with Crippen molar-refractivity contribution in [1.29, 1.82) is 0 Å². The topological polar surface area (TPSA) is 83.6 Å². The number of halogens is 1. The Balaban J connectivity index is 1.62. The minimum Gasteiger partial charge on any atom is -0.338 e. The molecule has 25 heavy (non-hydrogen) atoms. The number of nitrogens with one attached hydrogen (secondary N) is 2. The van der Waals surface area contributed by atoms with Crippen molar-refractivity contribution in [1.82, 2.24) is 19.9 Å². The zero-order chi connectivity index (χ0) is 17.2. The molecule has 0 aliphatic heterocycles. The van der Waals surface area contributed by atoms with Crippen LogP contribution in [0.25, 0.3) is 22.4 Å². The highest BCUT2D eigenvalue weighted by Gasteiger charge is 2.10. The molecule has 0 aliphatic rings. The number of aromatic amines is 1. The molecular formula is C18H12FN5O. The fraction of sp³-hybridized carbons (Fsp3) is 0. The number of carbonyl (C=O) groups is 1. The molecule has 6 nitrogen and oxygen atoms in total. The van der Waals surface area contributed by atoms with E-state index in [1.165, 1.54) is 30.7 Å². The number of rotatable bonds is 3. The average Bonchev–Trinajstić information content (AvgIpc) is 3.06. The van der Waals surface area contributed by atoms with Gasteiger partial charge in [-0.1, -0.05) is 0 Å². The van der Waals surface area contributed by atoms with Crippen molar-refractivity contribution in [2.45, 2.75) is 0 Å². The summed E-state index contributed by atoms with van der Waals surface area (Å²) in [5.41, 5.74) is 3.13. The Labute approximate surface area is 141 Å². The maximum atomic E-state index is 13.0. The summed E-state index contributed by atoms with van der Waals surface area (Å²) >= 11 is 0. The molecule has 7 heteroatoms. The fourth-order valence-corrected chi connectivity index (χ4v) is 2.44. The van der Waals surface area contributed by atoms with Crippen molar-refractivity contribution in [3.8, 4) is 11.4 Å². The minimum atomic E-state index is -0.342. The van der Waals surface area contributed by atoms with Gasteiger partial charge in [-0.25, -0.2) is 14.4 Å². The van der Waals surface area contributed by atoms with Gasteiger partial charge in [-0.2, -0.15) is 0 Å². The van der Waals surface area contributed by atoms with Gasteiger partial charge in [-0.3, -0.25) is 9.78 Å². The molecule has 0 unspecified atom stereocenters. The summed E-state index contributed by atoms with van der Waals surface area (Å²) < 4.78 is 13.0. The molecule has 4 aromatic rings. The van der Waals surface area contributed by atoms with Crippen LogP contribution in [0.15, 0.2) is 61.1 Å². The van der Waals surface area contributed by atoms with Crippen LogP contribution in [0.2, 0.25) is 0 Å². The summed E-state index contributed by atoms with van der Waals surface area (Å²) in [4.78, 5) is 27.6. The van der Waals surface area contributed by atoms with E-state index in [2.05, 4.69) is 25.3 Å². The maximum absolute atomic E-state index is 13.0. The minimum absolute atomic E-state index is 0.235. The number of amides is 1. The summed E-state index contributed by atoms with van der Waals surface area (Å²) in [6.45, 7) is 0. The van der Waals surface area contributed by atoms with Crippen molar-refractivity contribution < 1.29 is 9.18 Å². The number of aromatic nitrogens is 4. The highest BCUT2D eigenvalue weighted by molar-refractivity contribution is 6.03. The second-order valence-electron chi connectivity index (χ2n) is 5.37. The maximum Gasteiger partial charge on any atom is 0.275 e. The van der Waals surface area contributed by atoms with Crippen LogP contribution in [0.5, 0.6) is 0 Å². The lowest BCUT2D eigenvalue weighted by Gasteiger charge is -2.03. The molecule has 0 fully saturated rings. The van der Waals surface area contributed by atoms with Crippen molar-refractivity contribution in [3.63, 3.8) is 0 Å². The molecular weight excluding hydrogens is 321 g/mol. The van der Waals surface area contributed by atoms with Crippen LogP contribution >= 0.6 is 0 Å². The Bertz CT molecular complexity index is 1040. The average molecular weight is 333 g/mol. The second kappa shape index (κ2) is 6.12. The van der Waals surface area contributed by atoms with E-state index in [9.17, 15) is 9.18 Å². The van der Waals surface area contributed by atoms with E-state index in [1.807, 2.05) is 0 Å². The summed E-state index contributed by atoms with van der Waals surface area (Å²) in [5.74, 6) is -0.00741. The zero-order valence-corrected chi connectivity index (χ0v) is 12.9. The second-order valence-corrected chi connectivity index (χ2v) is 5.37. The molecule has 0 atom stereocenters. The lowest BCUT2D eigenvalue weighted by atomic mass is 10.2. The smallest absolute Gasteiger partial charge is 0.275 e. The first kappa shape index (κ1) is 14.9. The molecule has 0 saturated heterocycles. The largest absolute Gasteiger partial charge is 0.338 e. The monoisotopic (exact) mass is 333 g/mol. The van der Waals surface area contributed by atoms with Crippen LogP contribution in [-0.4, -0.2) is 25.8 Å². The summed E-state index contributed by atoms with van der Waals surface area (Å²) in [6.07, 6.45) is 4.36. The molecule has 0 bridgehead atoms. The van der Waals surface area contributed by atoms with Gasteiger partial charge in [0.1, 0.15) is 17.3 Å². The van der Waals surface area contributed by atoms with Crippen molar-refractivity contribution in [3.05, 3.63) is 72.6 Å². The lowest BCUT2D eigenvalue weighted by molar-refractivity contribution is 0.102. The van der Waals surface area contributed by atoms with Crippen LogP contribution in [0, 0.1) is 5.82 Å². The number of benzene rings is 2. The molecule has 2 aromatic carbocycles. The number of hydrogen-bond donors (Lipinski definition) is 2. The highest BCUT2D eigenvalue weighted by Crippen LogP contribution is 2.23. The van der Waals surface area contributed by atoms with Crippen molar-refractivity contribution in [2.75, 3.05) is 5.32 Å². The lowest BCUT2D eigenvalue weighted by Crippen LogP contribution is -2.13. The van der Waals surface area contributed by atoms with Gasteiger partial charge in [0.2, 0.25) is 0 Å². The molecule has 2 N–H and O–H groups in total. The van der Waals surface area contributed by atoms with Gasteiger partial charge in [-0.05, 0) is 42.5 Å². The summed E-state index contributed by atoms with van der Waals surface area (Å²) in [7, 11) is 0. The van der Waals surface area contributed by atoms with Crippen molar-refractivity contribution >= 4 is 22.6 Å².